The number of amides is 1. The predicted molar refractivity (Wildman–Crippen MR) is 105 cm³/mol. The summed E-state index contributed by atoms with van der Waals surface area (Å²) in [4.78, 5) is 18.0. The molecule has 0 bridgehead atoms. The van der Waals surface area contributed by atoms with E-state index in [1.54, 1.807) is 7.11 Å². The van der Waals surface area contributed by atoms with Gasteiger partial charge in [0, 0.05) is 42.5 Å². The lowest BCUT2D eigenvalue weighted by atomic mass is 10.1. The van der Waals surface area contributed by atoms with Gasteiger partial charge in [-0.05, 0) is 49.2 Å². The molecule has 0 unspecified atom stereocenters. The van der Waals surface area contributed by atoms with Gasteiger partial charge in [-0.2, -0.15) is 0 Å². The molecule has 3 aromatic rings. The van der Waals surface area contributed by atoms with Gasteiger partial charge in [0.2, 0.25) is 0 Å². The van der Waals surface area contributed by atoms with E-state index in [9.17, 15) is 4.79 Å². The van der Waals surface area contributed by atoms with Gasteiger partial charge in [0.05, 0.1) is 6.10 Å². The van der Waals surface area contributed by atoms with Crippen molar-refractivity contribution in [2.24, 2.45) is 0 Å². The van der Waals surface area contributed by atoms with Crippen LogP contribution in [-0.4, -0.2) is 37.2 Å². The normalized spacial score (nSPS) is 17.4. The average molecular weight is 349 g/mol. The van der Waals surface area contributed by atoms with Crippen molar-refractivity contribution < 1.29 is 9.53 Å². The van der Waals surface area contributed by atoms with Crippen LogP contribution in [0.2, 0.25) is 0 Å². The van der Waals surface area contributed by atoms with E-state index in [1.165, 1.54) is 0 Å². The number of hydrogen-bond donors (Lipinski definition) is 2. The van der Waals surface area contributed by atoms with Crippen LogP contribution in [0.1, 0.15) is 23.3 Å². The molecule has 2 N–H and O–H groups in total. The summed E-state index contributed by atoms with van der Waals surface area (Å²) in [5.74, 6) is -0.133. The summed E-state index contributed by atoms with van der Waals surface area (Å²) in [6.45, 7) is 1.96. The summed E-state index contributed by atoms with van der Waals surface area (Å²) in [6.07, 6.45) is 2.55. The number of aromatic nitrogens is 1. The lowest BCUT2D eigenvalue weighted by Gasteiger charge is -2.33. The molecule has 1 aliphatic rings. The second-order valence-corrected chi connectivity index (χ2v) is 6.72. The predicted octanol–water partition coefficient (Wildman–Crippen LogP) is 4.04. The molecule has 1 saturated heterocycles. The summed E-state index contributed by atoms with van der Waals surface area (Å²) < 4.78 is 5.49. The highest BCUT2D eigenvalue weighted by Gasteiger charge is 2.19. The third kappa shape index (κ3) is 3.44. The summed E-state index contributed by atoms with van der Waals surface area (Å²) in [5, 5.41) is 3.99. The standard InChI is InChI=1S/C21H23N3O2/c1-26-18-6-4-12-24(14-18)17-10-8-16(9-11-17)22-21(25)20-13-15-5-2-3-7-19(15)23-20/h2-3,5,7-11,13,18,23H,4,6,12,14H2,1H3,(H,22,25)/t18-/m0/s1. The lowest BCUT2D eigenvalue weighted by Crippen LogP contribution is -2.39. The molecule has 1 aliphatic heterocycles. The number of piperidine rings is 1. The average Bonchev–Trinajstić information content (AvgIpc) is 3.13. The van der Waals surface area contributed by atoms with E-state index in [-0.39, 0.29) is 5.91 Å². The fraction of sp³-hybridized carbons (Fsp3) is 0.286. The van der Waals surface area contributed by atoms with Gasteiger partial charge in [0.25, 0.3) is 5.91 Å². The number of anilines is 2. The molecule has 1 amide bonds. The van der Waals surface area contributed by atoms with Crippen molar-refractivity contribution in [3.05, 3.63) is 60.3 Å². The number of aromatic amines is 1. The number of H-pyrrole nitrogens is 1. The monoisotopic (exact) mass is 349 g/mol. The Morgan fingerprint density at radius 1 is 1.19 bits per heavy atom. The number of fused-ring (bicyclic) bond motifs is 1. The van der Waals surface area contributed by atoms with Crippen LogP contribution < -0.4 is 10.2 Å². The molecule has 4 rings (SSSR count). The highest BCUT2D eigenvalue weighted by Crippen LogP contribution is 2.23. The number of nitrogens with zero attached hydrogens (tertiary/aromatic N) is 1. The Kier molecular flexibility index (Phi) is 4.63. The molecule has 2 heterocycles. The minimum absolute atomic E-state index is 0.133. The Labute approximate surface area is 153 Å². The number of para-hydroxylation sites is 1. The van der Waals surface area contributed by atoms with E-state index in [1.807, 2.05) is 42.5 Å². The maximum absolute atomic E-state index is 12.5. The molecule has 5 nitrogen and oxygen atoms in total. The molecule has 1 fully saturated rings. The molecule has 2 aromatic carbocycles. The van der Waals surface area contributed by atoms with Gasteiger partial charge in [0.15, 0.2) is 0 Å². The molecule has 0 spiro atoms. The van der Waals surface area contributed by atoms with Crippen LogP contribution in [0.5, 0.6) is 0 Å². The fourth-order valence-electron chi connectivity index (χ4n) is 3.51. The van der Waals surface area contributed by atoms with E-state index < -0.39 is 0 Å². The smallest absolute Gasteiger partial charge is 0.272 e. The zero-order valence-corrected chi connectivity index (χ0v) is 14.9. The third-order valence-corrected chi connectivity index (χ3v) is 4.98. The van der Waals surface area contributed by atoms with Crippen LogP contribution >= 0.6 is 0 Å². The van der Waals surface area contributed by atoms with Gasteiger partial charge in [-0.25, -0.2) is 0 Å². The number of carbonyl (C=O) groups excluding carboxylic acids is 1. The second-order valence-electron chi connectivity index (χ2n) is 6.72. The first-order valence-corrected chi connectivity index (χ1v) is 9.00. The highest BCUT2D eigenvalue weighted by molar-refractivity contribution is 6.05. The van der Waals surface area contributed by atoms with Crippen LogP contribution in [-0.2, 0) is 4.74 Å². The molecule has 0 saturated carbocycles. The zero-order valence-electron chi connectivity index (χ0n) is 14.9. The third-order valence-electron chi connectivity index (χ3n) is 4.98. The Balaban J connectivity index is 1.44. The van der Waals surface area contributed by atoms with Gasteiger partial charge in [-0.15, -0.1) is 0 Å². The first kappa shape index (κ1) is 16.7. The zero-order chi connectivity index (χ0) is 17.9. The van der Waals surface area contributed by atoms with Gasteiger partial charge in [0.1, 0.15) is 5.69 Å². The van der Waals surface area contributed by atoms with Crippen molar-refractivity contribution in [2.75, 3.05) is 30.4 Å². The van der Waals surface area contributed by atoms with Crippen molar-refractivity contribution in [1.29, 1.82) is 0 Å². The number of hydrogen-bond acceptors (Lipinski definition) is 3. The summed E-state index contributed by atoms with van der Waals surface area (Å²) >= 11 is 0. The van der Waals surface area contributed by atoms with E-state index in [2.05, 4.69) is 27.3 Å². The van der Waals surface area contributed by atoms with E-state index in [0.717, 1.165) is 48.2 Å². The van der Waals surface area contributed by atoms with Crippen molar-refractivity contribution in [3.63, 3.8) is 0 Å². The molecular weight excluding hydrogens is 326 g/mol. The minimum Gasteiger partial charge on any atom is -0.380 e. The van der Waals surface area contributed by atoms with Crippen LogP contribution in [0.3, 0.4) is 0 Å². The molecule has 5 heteroatoms. The molecule has 0 aliphatic carbocycles. The maximum Gasteiger partial charge on any atom is 0.272 e. The van der Waals surface area contributed by atoms with Crippen LogP contribution in [0.25, 0.3) is 10.9 Å². The summed E-state index contributed by atoms with van der Waals surface area (Å²) in [6, 6.07) is 17.8. The first-order chi connectivity index (χ1) is 12.7. The number of nitrogens with one attached hydrogen (secondary N) is 2. The van der Waals surface area contributed by atoms with Crippen LogP contribution in [0.4, 0.5) is 11.4 Å². The largest absolute Gasteiger partial charge is 0.380 e. The molecule has 26 heavy (non-hydrogen) atoms. The SMILES string of the molecule is CO[C@H]1CCCN(c2ccc(NC(=O)c3cc4ccccc4[nH]3)cc2)C1. The Morgan fingerprint density at radius 3 is 2.77 bits per heavy atom. The van der Waals surface area contributed by atoms with E-state index in [0.29, 0.717) is 11.8 Å². The maximum atomic E-state index is 12.5. The van der Waals surface area contributed by atoms with Gasteiger partial charge < -0.3 is 19.9 Å². The molecule has 0 radical (unpaired) electrons. The fourth-order valence-corrected chi connectivity index (χ4v) is 3.51. The quantitative estimate of drug-likeness (QED) is 0.747. The second kappa shape index (κ2) is 7.22. The number of benzene rings is 2. The highest BCUT2D eigenvalue weighted by atomic mass is 16.5. The Bertz CT molecular complexity index is 868. The van der Waals surface area contributed by atoms with E-state index in [4.69, 9.17) is 4.74 Å². The first-order valence-electron chi connectivity index (χ1n) is 9.00. The van der Waals surface area contributed by atoms with Gasteiger partial charge in [-0.3, -0.25) is 4.79 Å². The van der Waals surface area contributed by atoms with Crippen molar-refractivity contribution in [2.45, 2.75) is 18.9 Å². The Hall–Kier alpha value is -2.79. The van der Waals surface area contributed by atoms with Crippen molar-refractivity contribution in [1.82, 2.24) is 4.98 Å². The molecule has 1 aromatic heterocycles. The Morgan fingerprint density at radius 2 is 2.00 bits per heavy atom. The van der Waals surface area contributed by atoms with Gasteiger partial charge >= 0.3 is 0 Å². The van der Waals surface area contributed by atoms with E-state index >= 15 is 0 Å². The topological polar surface area (TPSA) is 57.4 Å². The van der Waals surface area contributed by atoms with Crippen molar-refractivity contribution >= 4 is 28.2 Å². The summed E-state index contributed by atoms with van der Waals surface area (Å²) in [5.41, 5.74) is 3.48. The number of carbonyl (C=O) groups is 1. The number of rotatable bonds is 4. The van der Waals surface area contributed by atoms with Crippen LogP contribution in [0.15, 0.2) is 54.6 Å². The lowest BCUT2D eigenvalue weighted by molar-refractivity contribution is 0.0893. The number of ether oxygens (including phenoxy) is 1. The molecule has 134 valence electrons. The summed E-state index contributed by atoms with van der Waals surface area (Å²) in [7, 11) is 1.77. The molecule has 1 atom stereocenters. The minimum atomic E-state index is -0.133. The molecular formula is C21H23N3O2. The van der Waals surface area contributed by atoms with Crippen molar-refractivity contribution in [3.8, 4) is 0 Å². The van der Waals surface area contributed by atoms with Gasteiger partial charge in [-0.1, -0.05) is 18.2 Å². The number of methoxy groups -OCH3 is 1. The van der Waals surface area contributed by atoms with Crippen LogP contribution in [0, 0.1) is 0 Å².